The van der Waals surface area contributed by atoms with E-state index in [4.69, 9.17) is 14.5 Å². The second-order valence-corrected chi connectivity index (χ2v) is 10.1. The van der Waals surface area contributed by atoms with Crippen molar-refractivity contribution in [2.45, 2.75) is 46.5 Å². The third kappa shape index (κ3) is 5.88. The largest absolute Gasteiger partial charge is 0.496 e. The topological polar surface area (TPSA) is 167 Å². The molecule has 0 aliphatic rings. The van der Waals surface area contributed by atoms with E-state index in [0.29, 0.717) is 35.8 Å². The van der Waals surface area contributed by atoms with Gasteiger partial charge in [-0.05, 0) is 70.0 Å². The average molecular weight is 572 g/mol. The molecule has 0 aliphatic carbocycles. The molecule has 0 spiro atoms. The first-order valence-electron chi connectivity index (χ1n) is 13.7. The van der Waals surface area contributed by atoms with Crippen LogP contribution in [0.15, 0.2) is 40.9 Å². The Balaban J connectivity index is 1.22. The predicted octanol–water partition coefficient (Wildman–Crippen LogP) is 5.43. The zero-order chi connectivity index (χ0) is 29.8. The number of H-pyrrole nitrogens is 1. The molecular formula is C30H33N7O5. The molecule has 0 bridgehead atoms. The summed E-state index contributed by atoms with van der Waals surface area (Å²) >= 11 is 0. The van der Waals surface area contributed by atoms with Gasteiger partial charge in [0.2, 0.25) is 5.91 Å². The highest BCUT2D eigenvalue weighted by atomic mass is 16.5. The zero-order valence-corrected chi connectivity index (χ0v) is 23.9. The molecule has 0 saturated carbocycles. The molecule has 5 rings (SSSR count). The lowest BCUT2D eigenvalue weighted by Gasteiger charge is -2.10. The van der Waals surface area contributed by atoms with E-state index in [1.165, 1.54) is 12.1 Å². The fourth-order valence-electron chi connectivity index (χ4n) is 5.08. The maximum absolute atomic E-state index is 12.3. The number of hydroxylamine groups is 1. The number of aromatic nitrogens is 4. The summed E-state index contributed by atoms with van der Waals surface area (Å²) in [6, 6.07) is 10.3. The van der Waals surface area contributed by atoms with E-state index < -0.39 is 5.91 Å². The number of rotatable bonds is 11. The highest BCUT2D eigenvalue weighted by Gasteiger charge is 2.20. The van der Waals surface area contributed by atoms with Crippen molar-refractivity contribution < 1.29 is 24.1 Å². The molecule has 2 aromatic carbocycles. The molecule has 12 nitrogen and oxygen atoms in total. The summed E-state index contributed by atoms with van der Waals surface area (Å²) in [5.41, 5.74) is 6.70. The van der Waals surface area contributed by atoms with Crippen LogP contribution in [0.4, 0.5) is 11.5 Å². The lowest BCUT2D eigenvalue weighted by molar-refractivity contribution is -0.116. The van der Waals surface area contributed by atoms with Crippen molar-refractivity contribution in [3.05, 3.63) is 59.2 Å². The summed E-state index contributed by atoms with van der Waals surface area (Å²) in [7, 11) is 1.65. The Hall–Kier alpha value is -4.97. The van der Waals surface area contributed by atoms with Gasteiger partial charge in [0.25, 0.3) is 5.91 Å². The number of unbranched alkanes of at least 4 members (excludes halogenated alkanes) is 2. The minimum Gasteiger partial charge on any atom is -0.496 e. The van der Waals surface area contributed by atoms with E-state index in [-0.39, 0.29) is 5.91 Å². The van der Waals surface area contributed by atoms with Crippen LogP contribution in [0.3, 0.4) is 0 Å². The van der Waals surface area contributed by atoms with Gasteiger partial charge < -0.3 is 24.9 Å². The predicted molar refractivity (Wildman–Crippen MR) is 159 cm³/mol. The van der Waals surface area contributed by atoms with Gasteiger partial charge in [-0.2, -0.15) is 0 Å². The van der Waals surface area contributed by atoms with Crippen LogP contribution in [0.25, 0.3) is 33.1 Å². The van der Waals surface area contributed by atoms with Crippen LogP contribution < -0.4 is 20.9 Å². The van der Waals surface area contributed by atoms with Gasteiger partial charge in [-0.1, -0.05) is 11.6 Å². The van der Waals surface area contributed by atoms with Crippen LogP contribution in [0, 0.1) is 20.8 Å². The Bertz CT molecular complexity index is 1740. The third-order valence-electron chi connectivity index (χ3n) is 7.09. The number of carbonyl (C=O) groups is 2. The maximum atomic E-state index is 12.3. The first-order chi connectivity index (χ1) is 20.3. The Morgan fingerprint density at radius 3 is 2.52 bits per heavy atom. The van der Waals surface area contributed by atoms with Gasteiger partial charge in [0.1, 0.15) is 28.8 Å². The number of aryl methyl sites for hydroxylation is 3. The molecule has 5 N–H and O–H groups in total. The molecular weight excluding hydrogens is 538 g/mol. The van der Waals surface area contributed by atoms with E-state index in [2.05, 4.69) is 30.7 Å². The van der Waals surface area contributed by atoms with Crippen molar-refractivity contribution in [2.24, 2.45) is 0 Å². The van der Waals surface area contributed by atoms with Crippen molar-refractivity contribution >= 4 is 45.3 Å². The molecule has 0 saturated heterocycles. The molecule has 42 heavy (non-hydrogen) atoms. The Labute approximate surface area is 241 Å². The van der Waals surface area contributed by atoms with Crippen LogP contribution in [-0.2, 0) is 4.79 Å². The van der Waals surface area contributed by atoms with Crippen molar-refractivity contribution in [3.63, 3.8) is 0 Å². The number of ether oxygens (including phenoxy) is 1. The van der Waals surface area contributed by atoms with Gasteiger partial charge >= 0.3 is 0 Å². The Morgan fingerprint density at radius 1 is 1.05 bits per heavy atom. The van der Waals surface area contributed by atoms with Crippen LogP contribution in [-0.4, -0.2) is 50.8 Å². The van der Waals surface area contributed by atoms with Crippen molar-refractivity contribution in [3.8, 4) is 16.9 Å². The number of nitrogens with zero attached hydrogens (tertiary/aromatic N) is 3. The minimum absolute atomic E-state index is 0.0980. The van der Waals surface area contributed by atoms with Gasteiger partial charge in [-0.25, -0.2) is 15.4 Å². The van der Waals surface area contributed by atoms with E-state index in [0.717, 1.165) is 69.6 Å². The minimum atomic E-state index is -0.605. The molecule has 2 amide bonds. The van der Waals surface area contributed by atoms with E-state index >= 15 is 0 Å². The van der Waals surface area contributed by atoms with Crippen LogP contribution >= 0.6 is 0 Å². The second-order valence-electron chi connectivity index (χ2n) is 10.1. The van der Waals surface area contributed by atoms with Crippen molar-refractivity contribution in [2.75, 3.05) is 24.3 Å². The summed E-state index contributed by atoms with van der Waals surface area (Å²) in [6.45, 7) is 6.34. The molecule has 3 aromatic heterocycles. The van der Waals surface area contributed by atoms with E-state index in [9.17, 15) is 9.59 Å². The molecule has 5 aromatic rings. The number of benzene rings is 2. The SMILES string of the molecule is COc1cc2c(cc1-c1c(C)noc1C)[nH]c1nc(C)nc(NCCCCCC(=O)Nc3ccc(C(=O)NO)cc3)c12. The fraction of sp³-hybridized carbons (Fsp3) is 0.300. The number of aromatic amines is 1. The molecule has 0 aliphatic heterocycles. The number of hydrogen-bond donors (Lipinski definition) is 5. The summed E-state index contributed by atoms with van der Waals surface area (Å²) in [5.74, 6) is 2.11. The number of anilines is 2. The monoisotopic (exact) mass is 571 g/mol. The lowest BCUT2D eigenvalue weighted by Crippen LogP contribution is -2.18. The van der Waals surface area contributed by atoms with Crippen LogP contribution in [0.5, 0.6) is 5.75 Å². The quantitative estimate of drug-likeness (QED) is 0.0789. The molecule has 0 radical (unpaired) electrons. The first-order valence-corrected chi connectivity index (χ1v) is 13.7. The van der Waals surface area contributed by atoms with Gasteiger partial charge in [0, 0.05) is 40.7 Å². The second kappa shape index (κ2) is 12.3. The number of fused-ring (bicyclic) bond motifs is 3. The van der Waals surface area contributed by atoms with Crippen LogP contribution in [0.1, 0.15) is 53.3 Å². The van der Waals surface area contributed by atoms with Crippen molar-refractivity contribution in [1.29, 1.82) is 0 Å². The highest BCUT2D eigenvalue weighted by molar-refractivity contribution is 6.12. The first kappa shape index (κ1) is 28.6. The summed E-state index contributed by atoms with van der Waals surface area (Å²) < 4.78 is 11.2. The molecule has 0 unspecified atom stereocenters. The van der Waals surface area contributed by atoms with Gasteiger partial charge in [0.15, 0.2) is 0 Å². The molecule has 12 heteroatoms. The number of methoxy groups -OCH3 is 1. The third-order valence-corrected chi connectivity index (χ3v) is 7.09. The molecule has 0 fully saturated rings. The fourth-order valence-corrected chi connectivity index (χ4v) is 5.08. The summed E-state index contributed by atoms with van der Waals surface area (Å²) in [6.07, 6.45) is 2.81. The Kier molecular flexibility index (Phi) is 8.34. The standard InChI is InChI=1S/C30H33N7O5/c1-16-26(17(2)42-37-16)22-14-23-21(15-24(22)41-4)27-28(32-18(3)33-29(27)35-23)31-13-7-5-6-8-25(38)34-20-11-9-19(10-12-20)30(39)36-40/h9-12,14-15,40H,5-8,13H2,1-4H3,(H,34,38)(H,36,39)(H2,31,32,33,35). The van der Waals surface area contributed by atoms with E-state index in [1.54, 1.807) is 24.7 Å². The summed E-state index contributed by atoms with van der Waals surface area (Å²) in [4.78, 5) is 36.5. The normalized spacial score (nSPS) is 11.2. The summed E-state index contributed by atoms with van der Waals surface area (Å²) in [5, 5.41) is 20.9. The lowest BCUT2D eigenvalue weighted by atomic mass is 10.0. The number of hydrogen-bond acceptors (Lipinski definition) is 9. The maximum Gasteiger partial charge on any atom is 0.274 e. The molecule has 218 valence electrons. The zero-order valence-electron chi connectivity index (χ0n) is 23.9. The van der Waals surface area contributed by atoms with Gasteiger partial charge in [0.05, 0.1) is 23.8 Å². The number of amides is 2. The van der Waals surface area contributed by atoms with Crippen molar-refractivity contribution in [1.82, 2.24) is 25.6 Å². The Morgan fingerprint density at radius 2 is 1.83 bits per heavy atom. The highest BCUT2D eigenvalue weighted by Crippen LogP contribution is 2.40. The number of nitrogens with one attached hydrogen (secondary N) is 4. The van der Waals surface area contributed by atoms with E-state index in [1.807, 2.05) is 32.9 Å². The molecule has 0 atom stereocenters. The van der Waals surface area contributed by atoms with Crippen LogP contribution in [0.2, 0.25) is 0 Å². The average Bonchev–Trinajstić information content (AvgIpc) is 3.51. The van der Waals surface area contributed by atoms with Gasteiger partial charge in [-0.3, -0.25) is 14.8 Å². The number of carbonyl (C=O) groups excluding carboxylic acids is 2. The smallest absolute Gasteiger partial charge is 0.274 e. The van der Waals surface area contributed by atoms with Gasteiger partial charge in [-0.15, -0.1) is 0 Å². The molecule has 3 heterocycles.